The van der Waals surface area contributed by atoms with Crippen LogP contribution in [0.1, 0.15) is 36.5 Å². The van der Waals surface area contributed by atoms with Crippen molar-refractivity contribution in [2.45, 2.75) is 32.6 Å². The number of halogens is 1. The molecule has 92 valence electrons. The van der Waals surface area contributed by atoms with Crippen LogP contribution in [-0.4, -0.2) is 5.71 Å². The monoisotopic (exact) mass is 241 g/mol. The number of rotatable bonds is 1. The van der Waals surface area contributed by atoms with Gasteiger partial charge in [0.1, 0.15) is 5.82 Å². The van der Waals surface area contributed by atoms with Crippen LogP contribution in [0.3, 0.4) is 0 Å². The van der Waals surface area contributed by atoms with Crippen molar-refractivity contribution in [2.24, 2.45) is 4.99 Å². The van der Waals surface area contributed by atoms with E-state index >= 15 is 0 Å². The number of allylic oxidation sites excluding steroid dienone is 2. The van der Waals surface area contributed by atoms with Crippen LogP contribution >= 0.6 is 0 Å². The van der Waals surface area contributed by atoms with Crippen LogP contribution in [0.25, 0.3) is 5.57 Å². The normalized spacial score (nSPS) is 18.4. The van der Waals surface area contributed by atoms with Crippen LogP contribution < -0.4 is 0 Å². The molecule has 1 heterocycles. The minimum atomic E-state index is -0.0452. The summed E-state index contributed by atoms with van der Waals surface area (Å²) in [6.07, 6.45) is 5.06. The number of hydrogen-bond acceptors (Lipinski definition) is 1. The largest absolute Gasteiger partial charge is 0.265 e. The maximum absolute atomic E-state index is 14.5. The molecule has 3 rings (SSSR count). The van der Waals surface area contributed by atoms with Crippen LogP contribution in [0, 0.1) is 5.82 Å². The average Bonchev–Trinajstić information content (AvgIpc) is 2.76. The van der Waals surface area contributed by atoms with Crippen molar-refractivity contribution in [1.82, 2.24) is 0 Å². The molecule has 0 radical (unpaired) electrons. The number of hydrogen-bond donors (Lipinski definition) is 0. The van der Waals surface area contributed by atoms with Gasteiger partial charge in [-0.15, -0.1) is 0 Å². The number of aliphatic imine (C=N–C) groups is 1. The van der Waals surface area contributed by atoms with E-state index in [1.807, 2.05) is 19.1 Å². The molecule has 1 aromatic carbocycles. The molecule has 0 N–H and O–H groups in total. The van der Waals surface area contributed by atoms with Gasteiger partial charge in [0.2, 0.25) is 0 Å². The SMILES string of the molecule is C=C1CCc2c(ccc(C3=CN=C(C)C3)c2F)C1. The highest BCUT2D eigenvalue weighted by Gasteiger charge is 2.21. The Hall–Kier alpha value is -1.70. The van der Waals surface area contributed by atoms with Crippen LogP contribution in [-0.2, 0) is 12.8 Å². The van der Waals surface area contributed by atoms with Gasteiger partial charge in [0.15, 0.2) is 0 Å². The van der Waals surface area contributed by atoms with Gasteiger partial charge in [-0.1, -0.05) is 24.3 Å². The standard InChI is InChI=1S/C16H16FN/c1-10-3-5-14-12(7-10)4-6-15(16(14)17)13-8-11(2)18-9-13/h4,6,9H,1,3,5,7-8H2,2H3. The van der Waals surface area contributed by atoms with E-state index in [-0.39, 0.29) is 5.82 Å². The maximum Gasteiger partial charge on any atom is 0.134 e. The van der Waals surface area contributed by atoms with E-state index in [1.165, 1.54) is 5.57 Å². The molecule has 0 bridgehead atoms. The van der Waals surface area contributed by atoms with Crippen molar-refractivity contribution in [3.63, 3.8) is 0 Å². The van der Waals surface area contributed by atoms with E-state index in [1.54, 1.807) is 6.20 Å². The molecule has 0 amide bonds. The van der Waals surface area contributed by atoms with E-state index in [2.05, 4.69) is 11.6 Å². The molecule has 1 aliphatic carbocycles. The molecule has 1 aromatic rings. The predicted molar refractivity (Wildman–Crippen MR) is 73.3 cm³/mol. The van der Waals surface area contributed by atoms with Crippen LogP contribution in [0.4, 0.5) is 4.39 Å². The smallest absolute Gasteiger partial charge is 0.134 e. The van der Waals surface area contributed by atoms with Crippen molar-refractivity contribution >= 4 is 11.3 Å². The van der Waals surface area contributed by atoms with Crippen molar-refractivity contribution in [1.29, 1.82) is 0 Å². The summed E-state index contributed by atoms with van der Waals surface area (Å²) >= 11 is 0. The predicted octanol–water partition coefficient (Wildman–Crippen LogP) is 4.08. The topological polar surface area (TPSA) is 12.4 Å². The summed E-state index contributed by atoms with van der Waals surface area (Å²) < 4.78 is 14.5. The Morgan fingerprint density at radius 3 is 2.78 bits per heavy atom. The first-order valence-electron chi connectivity index (χ1n) is 6.35. The lowest BCUT2D eigenvalue weighted by atomic mass is 9.86. The maximum atomic E-state index is 14.5. The summed E-state index contributed by atoms with van der Waals surface area (Å²) in [5.74, 6) is -0.0452. The summed E-state index contributed by atoms with van der Waals surface area (Å²) in [7, 11) is 0. The molecule has 0 saturated heterocycles. The first-order valence-corrected chi connectivity index (χ1v) is 6.35. The van der Waals surface area contributed by atoms with Gasteiger partial charge in [-0.05, 0) is 42.9 Å². The number of benzene rings is 1. The van der Waals surface area contributed by atoms with Gasteiger partial charge < -0.3 is 0 Å². The Balaban J connectivity index is 2.02. The fraction of sp³-hybridized carbons (Fsp3) is 0.312. The van der Waals surface area contributed by atoms with E-state index in [0.29, 0.717) is 0 Å². The first-order chi connectivity index (χ1) is 8.65. The lowest BCUT2D eigenvalue weighted by molar-refractivity contribution is 0.595. The van der Waals surface area contributed by atoms with Crippen molar-refractivity contribution in [2.75, 3.05) is 0 Å². The zero-order valence-corrected chi connectivity index (χ0v) is 10.6. The van der Waals surface area contributed by atoms with Crippen molar-refractivity contribution in [3.05, 3.63) is 53.0 Å². The molecular formula is C16H16FN. The highest BCUT2D eigenvalue weighted by Crippen LogP contribution is 2.33. The lowest BCUT2D eigenvalue weighted by Crippen LogP contribution is -2.09. The quantitative estimate of drug-likeness (QED) is 0.657. The van der Waals surface area contributed by atoms with Gasteiger partial charge in [0.25, 0.3) is 0 Å². The third kappa shape index (κ3) is 1.82. The summed E-state index contributed by atoms with van der Waals surface area (Å²) in [6.45, 7) is 5.98. The highest BCUT2D eigenvalue weighted by atomic mass is 19.1. The van der Waals surface area contributed by atoms with Crippen LogP contribution in [0.15, 0.2) is 35.5 Å². The third-order valence-corrected chi connectivity index (χ3v) is 3.74. The summed E-state index contributed by atoms with van der Waals surface area (Å²) in [5, 5.41) is 0. The highest BCUT2D eigenvalue weighted by molar-refractivity contribution is 5.96. The third-order valence-electron chi connectivity index (χ3n) is 3.74. The average molecular weight is 241 g/mol. The van der Waals surface area contributed by atoms with E-state index in [4.69, 9.17) is 0 Å². The van der Waals surface area contributed by atoms with Gasteiger partial charge in [0.05, 0.1) is 0 Å². The molecule has 0 unspecified atom stereocenters. The Labute approximate surface area is 107 Å². The molecular weight excluding hydrogens is 225 g/mol. The minimum Gasteiger partial charge on any atom is -0.265 e. The van der Waals surface area contributed by atoms with Crippen LogP contribution in [0.2, 0.25) is 0 Å². The second kappa shape index (κ2) is 4.20. The molecule has 2 heteroatoms. The summed E-state index contributed by atoms with van der Waals surface area (Å²) in [4.78, 5) is 4.23. The Kier molecular flexibility index (Phi) is 2.66. The Bertz CT molecular complexity index is 593. The Morgan fingerprint density at radius 1 is 1.22 bits per heavy atom. The number of nitrogens with zero attached hydrogens (tertiary/aromatic N) is 1. The van der Waals surface area contributed by atoms with E-state index < -0.39 is 0 Å². The molecule has 2 aliphatic rings. The molecule has 1 nitrogen and oxygen atoms in total. The van der Waals surface area contributed by atoms with Crippen molar-refractivity contribution < 1.29 is 4.39 Å². The molecule has 0 atom stereocenters. The number of fused-ring (bicyclic) bond motifs is 1. The molecule has 1 aliphatic heterocycles. The Morgan fingerprint density at radius 2 is 2.06 bits per heavy atom. The molecule has 18 heavy (non-hydrogen) atoms. The fourth-order valence-electron chi connectivity index (χ4n) is 2.72. The lowest BCUT2D eigenvalue weighted by Gasteiger charge is -2.20. The molecule has 0 fully saturated rings. The molecule has 0 aromatic heterocycles. The van der Waals surface area contributed by atoms with Gasteiger partial charge in [-0.25, -0.2) is 4.39 Å². The molecule has 0 saturated carbocycles. The van der Waals surface area contributed by atoms with Gasteiger partial charge in [0, 0.05) is 23.9 Å². The van der Waals surface area contributed by atoms with Crippen LogP contribution in [0.5, 0.6) is 0 Å². The molecule has 0 spiro atoms. The fourth-order valence-corrected chi connectivity index (χ4v) is 2.72. The van der Waals surface area contributed by atoms with E-state index in [9.17, 15) is 4.39 Å². The second-order valence-corrected chi connectivity index (χ2v) is 5.19. The minimum absolute atomic E-state index is 0.0452. The van der Waals surface area contributed by atoms with E-state index in [0.717, 1.165) is 53.7 Å². The van der Waals surface area contributed by atoms with Gasteiger partial charge >= 0.3 is 0 Å². The van der Waals surface area contributed by atoms with Gasteiger partial charge in [-0.2, -0.15) is 0 Å². The van der Waals surface area contributed by atoms with Gasteiger partial charge in [-0.3, -0.25) is 4.99 Å². The first kappa shape index (κ1) is 11.4. The van der Waals surface area contributed by atoms with Crippen molar-refractivity contribution in [3.8, 4) is 0 Å². The zero-order valence-electron chi connectivity index (χ0n) is 10.6. The summed E-state index contributed by atoms with van der Waals surface area (Å²) in [5.41, 5.74) is 5.96. The zero-order chi connectivity index (χ0) is 12.7. The second-order valence-electron chi connectivity index (χ2n) is 5.19. The summed E-state index contributed by atoms with van der Waals surface area (Å²) in [6, 6.07) is 3.94.